The van der Waals surface area contributed by atoms with Gasteiger partial charge in [0.1, 0.15) is 23.3 Å². The smallest absolute Gasteiger partial charge is 0.232 e. The van der Waals surface area contributed by atoms with E-state index >= 15 is 0 Å². The van der Waals surface area contributed by atoms with Crippen molar-refractivity contribution in [3.05, 3.63) is 93.7 Å². The zero-order valence-electron chi connectivity index (χ0n) is 16.7. The highest BCUT2D eigenvalue weighted by atomic mass is 19.4. The second-order valence-corrected chi connectivity index (χ2v) is 6.89. The van der Waals surface area contributed by atoms with E-state index in [1.54, 1.807) is 6.07 Å². The quantitative estimate of drug-likeness (QED) is 0.348. The summed E-state index contributed by atoms with van der Waals surface area (Å²) >= 11 is 0. The first kappa shape index (κ1) is 23.6. The summed E-state index contributed by atoms with van der Waals surface area (Å²) in [5.74, 6) is -4.24. The molecule has 0 saturated carbocycles. The van der Waals surface area contributed by atoms with Crippen LogP contribution in [0.3, 0.4) is 0 Å². The lowest BCUT2D eigenvalue weighted by Crippen LogP contribution is -2.24. The summed E-state index contributed by atoms with van der Waals surface area (Å²) in [6.45, 7) is 8.35. The Kier molecular flexibility index (Phi) is 6.28. The van der Waals surface area contributed by atoms with E-state index in [0.717, 1.165) is 36.4 Å². The van der Waals surface area contributed by atoms with Gasteiger partial charge in [-0.25, -0.2) is 22.4 Å². The minimum Gasteiger partial charge on any atom is -0.232 e. The van der Waals surface area contributed by atoms with Crippen molar-refractivity contribution in [2.45, 2.75) is 13.1 Å². The van der Waals surface area contributed by atoms with E-state index in [9.17, 15) is 36.0 Å². The third-order valence-electron chi connectivity index (χ3n) is 4.81. The first-order valence-electron chi connectivity index (χ1n) is 9.12. The number of nitriles is 1. The minimum atomic E-state index is -5.17. The van der Waals surface area contributed by atoms with Gasteiger partial charge in [0.25, 0.3) is 5.70 Å². The average Bonchev–Trinajstić information content (AvgIpc) is 2.73. The van der Waals surface area contributed by atoms with Crippen molar-refractivity contribution in [2.24, 2.45) is 0 Å². The molecule has 0 aromatic heterocycles. The van der Waals surface area contributed by atoms with E-state index < -0.39 is 51.5 Å². The van der Waals surface area contributed by atoms with Crippen molar-refractivity contribution in [3.63, 3.8) is 0 Å². The molecular formula is C24H11F7N2. The molecule has 0 heterocycles. The highest BCUT2D eigenvalue weighted by Crippen LogP contribution is 2.30. The molecule has 0 radical (unpaired) electrons. The van der Waals surface area contributed by atoms with Crippen LogP contribution in [0.1, 0.15) is 6.92 Å². The molecule has 0 aliphatic carbocycles. The Balaban J connectivity index is 2.65. The van der Waals surface area contributed by atoms with Crippen LogP contribution < -0.4 is 10.4 Å². The molecular weight excluding hydrogens is 449 g/mol. The summed E-state index contributed by atoms with van der Waals surface area (Å²) in [5.41, 5.74) is -3.29. The molecule has 166 valence electrons. The van der Waals surface area contributed by atoms with Gasteiger partial charge in [-0.15, -0.1) is 0 Å². The lowest BCUT2D eigenvalue weighted by molar-refractivity contribution is -0.0691. The Bertz CT molecular complexity index is 1470. The fourth-order valence-electron chi connectivity index (χ4n) is 3.30. The van der Waals surface area contributed by atoms with Crippen LogP contribution >= 0.6 is 0 Å². The van der Waals surface area contributed by atoms with Crippen molar-refractivity contribution in [2.75, 3.05) is 0 Å². The van der Waals surface area contributed by atoms with Gasteiger partial charge in [0.15, 0.2) is 0 Å². The zero-order valence-corrected chi connectivity index (χ0v) is 16.7. The monoisotopic (exact) mass is 460 g/mol. The van der Waals surface area contributed by atoms with Gasteiger partial charge in [0.2, 0.25) is 0 Å². The number of hydrogen-bond donors (Lipinski definition) is 0. The lowest BCUT2D eigenvalue weighted by Gasteiger charge is -2.14. The Morgan fingerprint density at radius 1 is 0.788 bits per heavy atom. The van der Waals surface area contributed by atoms with Gasteiger partial charge in [-0.05, 0) is 58.8 Å². The van der Waals surface area contributed by atoms with Crippen LogP contribution in [-0.2, 0) is 0 Å². The highest BCUT2D eigenvalue weighted by molar-refractivity contribution is 5.79. The Labute approximate surface area is 183 Å². The normalized spacial score (nSPS) is 13.2. The maximum atomic E-state index is 14.5. The van der Waals surface area contributed by atoms with Crippen LogP contribution in [0.4, 0.5) is 30.7 Å². The van der Waals surface area contributed by atoms with E-state index in [2.05, 4.69) is 4.85 Å². The molecule has 3 aromatic carbocycles. The fraction of sp³-hybridized carbons (Fsp3) is 0.0833. The second-order valence-electron chi connectivity index (χ2n) is 6.89. The van der Waals surface area contributed by atoms with Crippen molar-refractivity contribution in [1.29, 1.82) is 5.26 Å². The van der Waals surface area contributed by atoms with E-state index in [0.29, 0.717) is 12.1 Å². The Morgan fingerprint density at radius 2 is 1.24 bits per heavy atom. The molecule has 0 amide bonds. The molecule has 0 spiro atoms. The predicted octanol–water partition coefficient (Wildman–Crippen LogP) is 5.86. The minimum absolute atomic E-state index is 0.0691. The van der Waals surface area contributed by atoms with Crippen LogP contribution in [-0.4, -0.2) is 6.18 Å². The number of nitrogens with zero attached hydrogens (tertiary/aromatic N) is 2. The van der Waals surface area contributed by atoms with Gasteiger partial charge in [-0.1, -0.05) is 6.07 Å². The number of alkyl halides is 3. The summed E-state index contributed by atoms with van der Waals surface area (Å²) in [7, 11) is 0. The molecule has 33 heavy (non-hydrogen) atoms. The van der Waals surface area contributed by atoms with Gasteiger partial charge < -0.3 is 0 Å². The molecule has 0 aliphatic rings. The summed E-state index contributed by atoms with van der Waals surface area (Å²) in [6.07, 6.45) is -5.17. The van der Waals surface area contributed by atoms with E-state index in [4.69, 9.17) is 6.57 Å². The maximum Gasteiger partial charge on any atom is 0.420 e. The molecule has 0 bridgehead atoms. The second kappa shape index (κ2) is 8.79. The average molecular weight is 460 g/mol. The highest BCUT2D eigenvalue weighted by Gasteiger charge is 2.36. The predicted molar refractivity (Wildman–Crippen MR) is 107 cm³/mol. The van der Waals surface area contributed by atoms with E-state index in [1.807, 2.05) is 0 Å². The van der Waals surface area contributed by atoms with Crippen LogP contribution in [0.2, 0.25) is 0 Å². The molecule has 9 heteroatoms. The SMILES string of the molecule is [C-]#[N+]/C(=c1/cc(-c2ccc(F)cc2F)/c(=C(/C)C#N)cc1-c1ccc(F)cc1F)C(F)(F)F. The van der Waals surface area contributed by atoms with Gasteiger partial charge in [0.05, 0.1) is 12.6 Å². The summed E-state index contributed by atoms with van der Waals surface area (Å²) in [6, 6.07) is 8.12. The van der Waals surface area contributed by atoms with E-state index in [-0.39, 0.29) is 21.9 Å². The van der Waals surface area contributed by atoms with Gasteiger partial charge in [-0.3, -0.25) is 0 Å². The van der Waals surface area contributed by atoms with Gasteiger partial charge in [-0.2, -0.15) is 18.4 Å². The molecule has 0 N–H and O–H groups in total. The van der Waals surface area contributed by atoms with Crippen molar-refractivity contribution >= 4 is 11.3 Å². The third-order valence-corrected chi connectivity index (χ3v) is 4.81. The molecule has 0 fully saturated rings. The van der Waals surface area contributed by atoms with Crippen LogP contribution in [0.15, 0.2) is 48.5 Å². The molecule has 0 atom stereocenters. The van der Waals surface area contributed by atoms with Crippen molar-refractivity contribution < 1.29 is 30.7 Å². The fourth-order valence-corrected chi connectivity index (χ4v) is 3.30. The topological polar surface area (TPSA) is 28.1 Å². The van der Waals surface area contributed by atoms with Crippen molar-refractivity contribution in [1.82, 2.24) is 0 Å². The first-order chi connectivity index (χ1) is 15.5. The molecule has 3 rings (SSSR count). The van der Waals surface area contributed by atoms with Crippen molar-refractivity contribution in [3.8, 4) is 28.3 Å². The number of benzene rings is 3. The maximum absolute atomic E-state index is 14.5. The lowest BCUT2D eigenvalue weighted by atomic mass is 9.92. The van der Waals surface area contributed by atoms with Crippen LogP contribution in [0.5, 0.6) is 0 Å². The van der Waals surface area contributed by atoms with Crippen LogP contribution in [0, 0.1) is 41.2 Å². The number of hydrogen-bond acceptors (Lipinski definition) is 1. The van der Waals surface area contributed by atoms with Gasteiger partial charge >= 0.3 is 6.18 Å². The summed E-state index contributed by atoms with van der Waals surface area (Å²) in [4.78, 5) is 2.55. The summed E-state index contributed by atoms with van der Waals surface area (Å²) in [5, 5.41) is 8.50. The van der Waals surface area contributed by atoms with Crippen LogP contribution in [0.25, 0.3) is 38.4 Å². The summed E-state index contributed by atoms with van der Waals surface area (Å²) < 4.78 is 96.9. The zero-order chi connectivity index (χ0) is 24.5. The molecule has 3 aromatic rings. The Morgan fingerprint density at radius 3 is 1.64 bits per heavy atom. The largest absolute Gasteiger partial charge is 0.420 e. The standard InChI is InChI=1S/C24H11F7N2/c1-12(11-32)17-9-19(16-6-4-14(26)8-22(16)28)20(23(33-2)24(29,30)31)10-18(17)15-5-3-13(25)7-21(15)27/h3-10H,1H3/b17-12-,23-20-. The third kappa shape index (κ3) is 4.58. The molecule has 2 nitrogen and oxygen atoms in total. The molecule has 0 aliphatic heterocycles. The van der Waals surface area contributed by atoms with Gasteiger partial charge in [0, 0.05) is 28.8 Å². The Hall–Kier alpha value is -4.11. The molecule has 0 unspecified atom stereocenters. The van der Waals surface area contributed by atoms with E-state index in [1.165, 1.54) is 6.92 Å². The molecule has 0 saturated heterocycles. The first-order valence-corrected chi connectivity index (χ1v) is 9.12. The number of halogens is 7. The number of rotatable bonds is 2.